The SMILES string of the molecule is N#C/C(=C/c1ccc(OCc2ccccc2)c(Br)c1)C(=O)NCCc1c[nH]c2ccccc12. The van der Waals surface area contributed by atoms with E-state index >= 15 is 0 Å². The molecule has 0 unspecified atom stereocenters. The number of rotatable bonds is 8. The zero-order chi connectivity index (χ0) is 23.0. The van der Waals surface area contributed by atoms with Gasteiger partial charge in [-0.3, -0.25) is 4.79 Å². The summed E-state index contributed by atoms with van der Waals surface area (Å²) in [5, 5.41) is 13.5. The van der Waals surface area contributed by atoms with E-state index in [9.17, 15) is 10.1 Å². The van der Waals surface area contributed by atoms with Gasteiger partial charge in [-0.15, -0.1) is 0 Å². The van der Waals surface area contributed by atoms with Gasteiger partial charge < -0.3 is 15.0 Å². The van der Waals surface area contributed by atoms with Crippen molar-refractivity contribution in [2.45, 2.75) is 13.0 Å². The van der Waals surface area contributed by atoms with Gasteiger partial charge in [0.1, 0.15) is 24.0 Å². The van der Waals surface area contributed by atoms with E-state index in [4.69, 9.17) is 4.74 Å². The molecule has 0 aliphatic rings. The molecular formula is C27H22BrN3O2. The third-order valence-electron chi connectivity index (χ3n) is 5.22. The Labute approximate surface area is 200 Å². The van der Waals surface area contributed by atoms with Crippen LogP contribution in [0.2, 0.25) is 0 Å². The molecule has 0 fully saturated rings. The minimum atomic E-state index is -0.391. The van der Waals surface area contributed by atoms with Crippen molar-refractivity contribution < 1.29 is 9.53 Å². The number of carbonyl (C=O) groups excluding carboxylic acids is 1. The average molecular weight is 500 g/mol. The van der Waals surface area contributed by atoms with Gasteiger partial charge in [0.15, 0.2) is 0 Å². The Hall–Kier alpha value is -3.82. The minimum Gasteiger partial charge on any atom is -0.488 e. The Morgan fingerprint density at radius 3 is 2.67 bits per heavy atom. The molecule has 164 valence electrons. The summed E-state index contributed by atoms with van der Waals surface area (Å²) in [5.41, 5.74) is 4.06. The monoisotopic (exact) mass is 499 g/mol. The first-order valence-corrected chi connectivity index (χ1v) is 11.3. The normalized spacial score (nSPS) is 11.2. The van der Waals surface area contributed by atoms with Gasteiger partial charge in [-0.1, -0.05) is 54.6 Å². The van der Waals surface area contributed by atoms with Gasteiger partial charge in [0.05, 0.1) is 4.47 Å². The number of nitrogens with zero attached hydrogens (tertiary/aromatic N) is 1. The molecule has 1 amide bonds. The van der Waals surface area contributed by atoms with Gasteiger partial charge in [-0.2, -0.15) is 5.26 Å². The summed E-state index contributed by atoms with van der Waals surface area (Å²) < 4.78 is 6.62. The number of H-pyrrole nitrogens is 1. The van der Waals surface area contributed by atoms with Crippen LogP contribution in [0.25, 0.3) is 17.0 Å². The van der Waals surface area contributed by atoms with Crippen molar-refractivity contribution >= 4 is 38.8 Å². The third-order valence-corrected chi connectivity index (χ3v) is 5.84. The van der Waals surface area contributed by atoms with E-state index in [0.29, 0.717) is 25.3 Å². The third kappa shape index (κ3) is 5.71. The van der Waals surface area contributed by atoms with Crippen molar-refractivity contribution in [2.75, 3.05) is 6.54 Å². The number of nitrogens with one attached hydrogen (secondary N) is 2. The summed E-state index contributed by atoms with van der Waals surface area (Å²) in [6.07, 6.45) is 4.21. The highest BCUT2D eigenvalue weighted by atomic mass is 79.9. The molecule has 0 radical (unpaired) electrons. The lowest BCUT2D eigenvalue weighted by atomic mass is 10.1. The average Bonchev–Trinajstić information content (AvgIpc) is 3.25. The number of nitriles is 1. The molecule has 33 heavy (non-hydrogen) atoms. The molecule has 0 spiro atoms. The molecule has 4 rings (SSSR count). The maximum absolute atomic E-state index is 12.5. The number of amides is 1. The van der Waals surface area contributed by atoms with Crippen LogP contribution in [0.5, 0.6) is 5.75 Å². The molecule has 0 saturated heterocycles. The summed E-state index contributed by atoms with van der Waals surface area (Å²) >= 11 is 3.51. The maximum Gasteiger partial charge on any atom is 0.261 e. The Morgan fingerprint density at radius 1 is 1.09 bits per heavy atom. The molecule has 2 N–H and O–H groups in total. The smallest absolute Gasteiger partial charge is 0.261 e. The van der Waals surface area contributed by atoms with E-state index < -0.39 is 5.91 Å². The molecular weight excluding hydrogens is 478 g/mol. The molecule has 0 aliphatic heterocycles. The standard InChI is InChI=1S/C27H22BrN3O2/c28-24-15-20(10-11-26(24)33-18-19-6-2-1-3-7-19)14-22(16-29)27(32)30-13-12-21-17-31-25-9-5-4-8-23(21)25/h1-11,14-15,17,31H,12-13,18H2,(H,30,32)/b22-14-. The maximum atomic E-state index is 12.5. The highest BCUT2D eigenvalue weighted by molar-refractivity contribution is 9.10. The molecule has 4 aromatic rings. The van der Waals surface area contributed by atoms with E-state index in [1.165, 1.54) is 0 Å². The summed E-state index contributed by atoms with van der Waals surface area (Å²) in [5.74, 6) is 0.301. The van der Waals surface area contributed by atoms with Gasteiger partial charge in [-0.05, 0) is 63.3 Å². The van der Waals surface area contributed by atoms with Gasteiger partial charge in [0, 0.05) is 23.6 Å². The number of aromatic nitrogens is 1. The molecule has 0 atom stereocenters. The van der Waals surface area contributed by atoms with Gasteiger partial charge in [0.25, 0.3) is 5.91 Å². The molecule has 1 heterocycles. The number of ether oxygens (including phenoxy) is 1. The van der Waals surface area contributed by atoms with Gasteiger partial charge in [-0.25, -0.2) is 0 Å². The number of benzene rings is 3. The van der Waals surface area contributed by atoms with E-state index in [1.54, 1.807) is 6.08 Å². The molecule has 3 aromatic carbocycles. The molecule has 0 saturated carbocycles. The first kappa shape index (κ1) is 22.4. The Bertz CT molecular complexity index is 1340. The number of aromatic amines is 1. The molecule has 0 bridgehead atoms. The first-order valence-electron chi connectivity index (χ1n) is 10.6. The van der Waals surface area contributed by atoms with E-state index in [2.05, 4.69) is 32.3 Å². The van der Waals surface area contributed by atoms with Crippen molar-refractivity contribution in [3.05, 3.63) is 106 Å². The first-order chi connectivity index (χ1) is 16.1. The summed E-state index contributed by atoms with van der Waals surface area (Å²) in [4.78, 5) is 15.8. The highest BCUT2D eigenvalue weighted by Gasteiger charge is 2.11. The molecule has 6 heteroatoms. The second-order valence-electron chi connectivity index (χ2n) is 7.50. The minimum absolute atomic E-state index is 0.0544. The summed E-state index contributed by atoms with van der Waals surface area (Å²) in [7, 11) is 0. The summed E-state index contributed by atoms with van der Waals surface area (Å²) in [6.45, 7) is 0.895. The number of halogens is 1. The van der Waals surface area contributed by atoms with Crippen LogP contribution in [-0.4, -0.2) is 17.4 Å². The fraction of sp³-hybridized carbons (Fsp3) is 0.111. The molecule has 1 aromatic heterocycles. The molecule has 5 nitrogen and oxygen atoms in total. The predicted molar refractivity (Wildman–Crippen MR) is 134 cm³/mol. The lowest BCUT2D eigenvalue weighted by molar-refractivity contribution is -0.117. The van der Waals surface area contributed by atoms with Crippen LogP contribution in [0, 0.1) is 11.3 Å². The van der Waals surface area contributed by atoms with Crippen LogP contribution >= 0.6 is 15.9 Å². The van der Waals surface area contributed by atoms with Crippen LogP contribution in [0.15, 0.2) is 89.0 Å². The Balaban J connectivity index is 1.36. The number of fused-ring (bicyclic) bond motifs is 1. The van der Waals surface area contributed by atoms with Gasteiger partial charge in [0.2, 0.25) is 0 Å². The number of hydrogen-bond donors (Lipinski definition) is 2. The van der Waals surface area contributed by atoms with Crippen LogP contribution in [0.3, 0.4) is 0 Å². The van der Waals surface area contributed by atoms with Crippen molar-refractivity contribution in [3.63, 3.8) is 0 Å². The van der Waals surface area contributed by atoms with Crippen LogP contribution in [0.1, 0.15) is 16.7 Å². The second kappa shape index (κ2) is 10.7. The van der Waals surface area contributed by atoms with Crippen molar-refractivity contribution in [2.24, 2.45) is 0 Å². The van der Waals surface area contributed by atoms with E-state index in [-0.39, 0.29) is 5.57 Å². The predicted octanol–water partition coefficient (Wildman–Crippen LogP) is 5.78. The number of para-hydroxylation sites is 1. The lowest BCUT2D eigenvalue weighted by Gasteiger charge is -2.09. The molecule has 0 aliphatic carbocycles. The fourth-order valence-corrected chi connectivity index (χ4v) is 4.03. The number of hydrogen-bond acceptors (Lipinski definition) is 3. The quantitative estimate of drug-likeness (QED) is 0.238. The lowest BCUT2D eigenvalue weighted by Crippen LogP contribution is -2.26. The van der Waals surface area contributed by atoms with Crippen LogP contribution in [0.4, 0.5) is 0 Å². The zero-order valence-electron chi connectivity index (χ0n) is 17.8. The van der Waals surface area contributed by atoms with Crippen molar-refractivity contribution in [1.29, 1.82) is 5.26 Å². The van der Waals surface area contributed by atoms with Gasteiger partial charge >= 0.3 is 0 Å². The fourth-order valence-electron chi connectivity index (χ4n) is 3.52. The van der Waals surface area contributed by atoms with Crippen LogP contribution in [-0.2, 0) is 17.8 Å². The van der Waals surface area contributed by atoms with Crippen LogP contribution < -0.4 is 10.1 Å². The van der Waals surface area contributed by atoms with E-state index in [0.717, 1.165) is 32.1 Å². The topological polar surface area (TPSA) is 77.9 Å². The number of carbonyl (C=O) groups is 1. The van der Waals surface area contributed by atoms with Crippen molar-refractivity contribution in [3.8, 4) is 11.8 Å². The largest absolute Gasteiger partial charge is 0.488 e. The zero-order valence-corrected chi connectivity index (χ0v) is 19.4. The highest BCUT2D eigenvalue weighted by Crippen LogP contribution is 2.28. The Kier molecular flexibility index (Phi) is 7.23. The Morgan fingerprint density at radius 2 is 1.88 bits per heavy atom. The van der Waals surface area contributed by atoms with E-state index in [1.807, 2.05) is 79.0 Å². The second-order valence-corrected chi connectivity index (χ2v) is 8.35. The van der Waals surface area contributed by atoms with Crippen molar-refractivity contribution in [1.82, 2.24) is 10.3 Å². The summed E-state index contributed by atoms with van der Waals surface area (Å²) in [6, 6.07) is 25.4.